The molecule has 1 fully saturated rings. The van der Waals surface area contributed by atoms with Gasteiger partial charge in [-0.05, 0) is 51.2 Å². The number of aliphatic hydroxyl groups excluding tert-OH is 1. The summed E-state index contributed by atoms with van der Waals surface area (Å²) in [7, 11) is 0. The van der Waals surface area contributed by atoms with E-state index < -0.39 is 35.5 Å². The zero-order valence-corrected chi connectivity index (χ0v) is 15.9. The van der Waals surface area contributed by atoms with E-state index in [0.717, 1.165) is 4.68 Å². The number of aliphatic hydroxyl groups is 1. The molecule has 7 nitrogen and oxygen atoms in total. The first-order valence-corrected chi connectivity index (χ1v) is 9.09. The summed E-state index contributed by atoms with van der Waals surface area (Å²) >= 11 is 0. The van der Waals surface area contributed by atoms with Gasteiger partial charge in [0, 0.05) is 25.1 Å². The molecule has 0 radical (unpaired) electrons. The molecule has 1 amide bonds. The maximum Gasteiger partial charge on any atom is 0.435 e. The number of nitrogens with one attached hydrogen (secondary N) is 1. The Labute approximate surface area is 160 Å². The van der Waals surface area contributed by atoms with E-state index in [-0.39, 0.29) is 11.5 Å². The number of rotatable bonds is 5. The topological polar surface area (TPSA) is 85.0 Å². The van der Waals surface area contributed by atoms with Crippen molar-refractivity contribution in [2.45, 2.75) is 64.0 Å². The average Bonchev–Trinajstić information content (AvgIpc) is 3.29. The Kier molecular flexibility index (Phi) is 5.26. The van der Waals surface area contributed by atoms with Crippen LogP contribution in [0.1, 0.15) is 37.9 Å². The number of hydrogen-bond donors (Lipinski definition) is 2. The molecule has 0 saturated heterocycles. The van der Waals surface area contributed by atoms with Crippen LogP contribution in [0.5, 0.6) is 0 Å². The minimum absolute atomic E-state index is 0.0476. The van der Waals surface area contributed by atoms with E-state index >= 15 is 0 Å². The molecular formula is C18H24F3N5O2. The molecule has 154 valence electrons. The Morgan fingerprint density at radius 3 is 2.64 bits per heavy atom. The van der Waals surface area contributed by atoms with E-state index in [1.807, 2.05) is 12.3 Å². The number of halogens is 3. The van der Waals surface area contributed by atoms with Gasteiger partial charge in [-0.15, -0.1) is 0 Å². The van der Waals surface area contributed by atoms with Gasteiger partial charge in [-0.3, -0.25) is 14.2 Å². The smallest absolute Gasteiger partial charge is 0.391 e. The number of carbonyl (C=O) groups is 1. The lowest BCUT2D eigenvalue weighted by molar-refractivity contribution is -0.143. The maximum atomic E-state index is 13.0. The van der Waals surface area contributed by atoms with Crippen LogP contribution in [-0.4, -0.2) is 42.7 Å². The van der Waals surface area contributed by atoms with E-state index in [4.69, 9.17) is 0 Å². The molecule has 2 aromatic heterocycles. The summed E-state index contributed by atoms with van der Waals surface area (Å²) in [5.74, 6) is -0.348. The first-order chi connectivity index (χ1) is 13.0. The normalized spacial score (nSPS) is 23.2. The van der Waals surface area contributed by atoms with Crippen molar-refractivity contribution in [1.82, 2.24) is 24.9 Å². The monoisotopic (exact) mass is 399 g/mol. The summed E-state index contributed by atoms with van der Waals surface area (Å²) < 4.78 is 41.8. The minimum Gasteiger partial charge on any atom is -0.391 e. The van der Waals surface area contributed by atoms with Crippen molar-refractivity contribution in [3.05, 3.63) is 35.9 Å². The second-order valence-electron chi connectivity index (χ2n) is 7.87. The van der Waals surface area contributed by atoms with Crippen LogP contribution in [0.15, 0.2) is 24.7 Å². The predicted molar refractivity (Wildman–Crippen MR) is 94.2 cm³/mol. The summed E-state index contributed by atoms with van der Waals surface area (Å²) in [6.07, 6.45) is 0.509. The van der Waals surface area contributed by atoms with Crippen LogP contribution in [0.2, 0.25) is 0 Å². The quantitative estimate of drug-likeness (QED) is 0.807. The molecule has 0 aliphatic heterocycles. The fraction of sp³-hybridized carbons (Fsp3) is 0.611. The molecule has 2 aromatic rings. The summed E-state index contributed by atoms with van der Waals surface area (Å²) in [5.41, 5.74) is -2.39. The lowest BCUT2D eigenvalue weighted by Gasteiger charge is -2.27. The van der Waals surface area contributed by atoms with Crippen LogP contribution >= 0.6 is 0 Å². The first-order valence-electron chi connectivity index (χ1n) is 9.09. The van der Waals surface area contributed by atoms with Crippen molar-refractivity contribution in [2.75, 3.05) is 0 Å². The highest BCUT2D eigenvalue weighted by Crippen LogP contribution is 2.32. The largest absolute Gasteiger partial charge is 0.435 e. The molecule has 1 aliphatic carbocycles. The van der Waals surface area contributed by atoms with Crippen LogP contribution < -0.4 is 5.32 Å². The summed E-state index contributed by atoms with van der Waals surface area (Å²) in [4.78, 5) is 12.8. The molecular weight excluding hydrogens is 375 g/mol. The molecule has 3 atom stereocenters. The zero-order valence-electron chi connectivity index (χ0n) is 15.9. The number of amides is 1. The first kappa shape index (κ1) is 20.4. The lowest BCUT2D eigenvalue weighted by Crippen LogP contribution is -2.50. The molecule has 1 aliphatic rings. The molecule has 2 N–H and O–H groups in total. The number of hydrogen-bond acceptors (Lipinski definition) is 4. The van der Waals surface area contributed by atoms with Gasteiger partial charge in [-0.25, -0.2) is 0 Å². The molecule has 0 aromatic carbocycles. The maximum absolute atomic E-state index is 13.0. The van der Waals surface area contributed by atoms with Gasteiger partial charge in [-0.1, -0.05) is 0 Å². The van der Waals surface area contributed by atoms with Crippen LogP contribution in [-0.2, 0) is 23.1 Å². The van der Waals surface area contributed by atoms with Crippen LogP contribution in [0.3, 0.4) is 0 Å². The Hall–Kier alpha value is -2.36. The van der Waals surface area contributed by atoms with Gasteiger partial charge in [-0.2, -0.15) is 23.4 Å². The Balaban J connectivity index is 1.68. The molecule has 2 heterocycles. The summed E-state index contributed by atoms with van der Waals surface area (Å²) in [6, 6.07) is 1.35. The molecule has 0 spiro atoms. The molecule has 0 bridgehead atoms. The molecule has 28 heavy (non-hydrogen) atoms. The van der Waals surface area contributed by atoms with Gasteiger partial charge in [0.15, 0.2) is 5.69 Å². The van der Waals surface area contributed by atoms with Crippen LogP contribution in [0.25, 0.3) is 0 Å². The van der Waals surface area contributed by atoms with Crippen LogP contribution in [0.4, 0.5) is 13.2 Å². The van der Waals surface area contributed by atoms with Crippen molar-refractivity contribution in [1.29, 1.82) is 0 Å². The molecule has 1 unspecified atom stereocenters. The van der Waals surface area contributed by atoms with Crippen molar-refractivity contribution in [3.63, 3.8) is 0 Å². The highest BCUT2D eigenvalue weighted by atomic mass is 19.4. The highest BCUT2D eigenvalue weighted by molar-refractivity contribution is 5.83. The fourth-order valence-corrected chi connectivity index (χ4v) is 3.57. The number of nitrogens with zero attached hydrogens (tertiary/aromatic N) is 4. The summed E-state index contributed by atoms with van der Waals surface area (Å²) in [6.45, 7) is 4.93. The van der Waals surface area contributed by atoms with Gasteiger partial charge in [0.1, 0.15) is 5.54 Å². The SMILES string of the molecule is Cc1cn(C(C)(C)C(=O)N[C@@H]2CC(Cn3cccn3)C[C@H]2O)nc1C(F)(F)F. The van der Waals surface area contributed by atoms with Gasteiger partial charge in [0.05, 0.1) is 12.1 Å². The third kappa shape index (κ3) is 4.06. The lowest BCUT2D eigenvalue weighted by atomic mass is 10.0. The van der Waals surface area contributed by atoms with Gasteiger partial charge in [0.25, 0.3) is 0 Å². The van der Waals surface area contributed by atoms with E-state index in [1.54, 1.807) is 10.9 Å². The van der Waals surface area contributed by atoms with Crippen molar-refractivity contribution in [3.8, 4) is 0 Å². The van der Waals surface area contributed by atoms with E-state index in [2.05, 4.69) is 15.5 Å². The van der Waals surface area contributed by atoms with E-state index in [0.29, 0.717) is 19.4 Å². The van der Waals surface area contributed by atoms with Crippen molar-refractivity contribution >= 4 is 5.91 Å². The van der Waals surface area contributed by atoms with Gasteiger partial charge < -0.3 is 10.4 Å². The molecule has 3 rings (SSSR count). The van der Waals surface area contributed by atoms with E-state index in [1.165, 1.54) is 27.0 Å². The highest BCUT2D eigenvalue weighted by Gasteiger charge is 2.41. The Morgan fingerprint density at radius 1 is 1.36 bits per heavy atom. The van der Waals surface area contributed by atoms with Gasteiger partial charge in [0.2, 0.25) is 5.91 Å². The number of carbonyl (C=O) groups excluding carboxylic acids is 1. The van der Waals surface area contributed by atoms with Crippen LogP contribution in [0, 0.1) is 12.8 Å². The third-order valence-electron chi connectivity index (χ3n) is 5.24. The number of aryl methyl sites for hydroxylation is 1. The average molecular weight is 399 g/mol. The van der Waals surface area contributed by atoms with Crippen molar-refractivity contribution < 1.29 is 23.1 Å². The Bertz CT molecular complexity index is 829. The number of aromatic nitrogens is 4. The second kappa shape index (κ2) is 7.23. The molecule has 10 heteroatoms. The van der Waals surface area contributed by atoms with Crippen molar-refractivity contribution in [2.24, 2.45) is 5.92 Å². The third-order valence-corrected chi connectivity index (χ3v) is 5.24. The minimum atomic E-state index is -4.58. The standard InChI is InChI=1S/C18H24F3N5O2/c1-11-9-26(24-15(11)18(19,20)21)17(2,3)16(28)23-13-7-12(8-14(13)27)10-25-6-4-5-22-25/h4-6,9,12-14,27H,7-8,10H2,1-3H3,(H,23,28)/t12?,13-,14-/m1/s1. The van der Waals surface area contributed by atoms with E-state index in [9.17, 15) is 23.1 Å². The fourth-order valence-electron chi connectivity index (χ4n) is 3.57. The summed E-state index contributed by atoms with van der Waals surface area (Å²) in [5, 5.41) is 20.8. The molecule has 1 saturated carbocycles. The number of alkyl halides is 3. The predicted octanol–water partition coefficient (Wildman–Crippen LogP) is 2.10. The second-order valence-corrected chi connectivity index (χ2v) is 7.87. The Morgan fingerprint density at radius 2 is 2.07 bits per heavy atom. The zero-order chi connectivity index (χ0) is 20.7. The van der Waals surface area contributed by atoms with Gasteiger partial charge >= 0.3 is 6.18 Å².